The molecular formula is C15H19F3N2O. The first-order valence-electron chi connectivity index (χ1n) is 6.97. The predicted octanol–water partition coefficient (Wildman–Crippen LogP) is 3.60. The lowest BCUT2D eigenvalue weighted by molar-refractivity contribution is -0.136. The van der Waals surface area contributed by atoms with Crippen LogP contribution in [-0.2, 0) is 6.18 Å². The van der Waals surface area contributed by atoms with Gasteiger partial charge in [0.2, 0.25) is 0 Å². The third-order valence-electron chi connectivity index (χ3n) is 4.14. The van der Waals surface area contributed by atoms with Crippen molar-refractivity contribution in [2.75, 3.05) is 12.3 Å². The van der Waals surface area contributed by atoms with E-state index in [4.69, 9.17) is 5.73 Å². The van der Waals surface area contributed by atoms with Gasteiger partial charge in [-0.2, -0.15) is 13.2 Å². The zero-order chi connectivity index (χ0) is 15.7. The molecule has 3 nitrogen and oxygen atoms in total. The second-order valence-electron chi connectivity index (χ2n) is 5.97. The molecule has 0 radical (unpaired) electrons. The summed E-state index contributed by atoms with van der Waals surface area (Å²) in [4.78, 5) is 12.1. The van der Waals surface area contributed by atoms with Crippen LogP contribution < -0.4 is 11.1 Å². The summed E-state index contributed by atoms with van der Waals surface area (Å²) in [6, 6.07) is 3.40. The zero-order valence-corrected chi connectivity index (χ0v) is 11.9. The topological polar surface area (TPSA) is 55.1 Å². The Morgan fingerprint density at radius 1 is 1.33 bits per heavy atom. The minimum Gasteiger partial charge on any atom is -0.398 e. The molecule has 116 valence electrons. The van der Waals surface area contributed by atoms with E-state index in [1.54, 1.807) is 0 Å². The minimum absolute atomic E-state index is 0.0338. The van der Waals surface area contributed by atoms with Crippen molar-refractivity contribution in [2.45, 2.75) is 38.8 Å². The van der Waals surface area contributed by atoms with E-state index in [0.29, 0.717) is 6.54 Å². The molecule has 0 heterocycles. The number of halogens is 3. The van der Waals surface area contributed by atoms with E-state index in [9.17, 15) is 18.0 Å². The molecule has 0 spiro atoms. The van der Waals surface area contributed by atoms with Crippen molar-refractivity contribution in [3.8, 4) is 0 Å². The summed E-state index contributed by atoms with van der Waals surface area (Å²) in [6.07, 6.45) is -0.273. The van der Waals surface area contributed by atoms with Gasteiger partial charge < -0.3 is 11.1 Å². The Labute approximate surface area is 121 Å². The molecule has 1 saturated carbocycles. The number of para-hydroxylation sites is 1. The molecule has 1 aromatic rings. The summed E-state index contributed by atoms with van der Waals surface area (Å²) in [5.41, 5.74) is 3.94. The lowest BCUT2D eigenvalue weighted by Crippen LogP contribution is -2.34. The van der Waals surface area contributed by atoms with E-state index in [2.05, 4.69) is 12.2 Å². The Bertz CT molecular complexity index is 534. The second kappa shape index (κ2) is 5.58. The van der Waals surface area contributed by atoms with Crippen LogP contribution in [0.3, 0.4) is 0 Å². The van der Waals surface area contributed by atoms with E-state index in [1.165, 1.54) is 12.1 Å². The van der Waals surface area contributed by atoms with Crippen LogP contribution in [0, 0.1) is 5.41 Å². The molecule has 3 N–H and O–H groups in total. The summed E-state index contributed by atoms with van der Waals surface area (Å²) >= 11 is 0. The number of benzene rings is 1. The van der Waals surface area contributed by atoms with Gasteiger partial charge in [0.1, 0.15) is 0 Å². The van der Waals surface area contributed by atoms with Gasteiger partial charge in [0, 0.05) is 6.54 Å². The number of amides is 1. The van der Waals surface area contributed by atoms with Crippen LogP contribution in [0.2, 0.25) is 0 Å². The van der Waals surface area contributed by atoms with Crippen LogP contribution in [0.5, 0.6) is 0 Å². The molecule has 1 aliphatic carbocycles. The van der Waals surface area contributed by atoms with Gasteiger partial charge in [0.25, 0.3) is 5.91 Å². The van der Waals surface area contributed by atoms with Crippen molar-refractivity contribution >= 4 is 11.6 Å². The van der Waals surface area contributed by atoms with Gasteiger partial charge in [0.05, 0.1) is 16.8 Å². The monoisotopic (exact) mass is 300 g/mol. The smallest absolute Gasteiger partial charge is 0.398 e. The number of hydrogen-bond acceptors (Lipinski definition) is 2. The molecule has 21 heavy (non-hydrogen) atoms. The molecule has 6 heteroatoms. The standard InChI is InChI=1S/C15H19F3N2O/c1-14(7-2-3-8-14)9-20-13(21)10-5-4-6-11(12(10)19)15(16,17)18/h4-6H,2-3,7-9,19H2,1H3,(H,20,21). The minimum atomic E-state index is -4.56. The fourth-order valence-corrected chi connectivity index (χ4v) is 2.80. The molecule has 2 rings (SSSR count). The quantitative estimate of drug-likeness (QED) is 0.838. The van der Waals surface area contributed by atoms with Crippen LogP contribution >= 0.6 is 0 Å². The highest BCUT2D eigenvalue weighted by atomic mass is 19.4. The van der Waals surface area contributed by atoms with Gasteiger partial charge in [-0.15, -0.1) is 0 Å². The molecule has 0 unspecified atom stereocenters. The number of nitrogens with two attached hydrogens (primary N) is 1. The number of carbonyl (C=O) groups is 1. The van der Waals surface area contributed by atoms with Crippen LogP contribution in [0.15, 0.2) is 18.2 Å². The number of anilines is 1. The molecule has 0 saturated heterocycles. The Hall–Kier alpha value is -1.72. The van der Waals surface area contributed by atoms with E-state index in [1.807, 2.05) is 0 Å². The molecule has 0 bridgehead atoms. The molecule has 0 aliphatic heterocycles. The first kappa shape index (κ1) is 15.7. The van der Waals surface area contributed by atoms with Gasteiger partial charge in [-0.25, -0.2) is 0 Å². The fraction of sp³-hybridized carbons (Fsp3) is 0.533. The largest absolute Gasteiger partial charge is 0.418 e. The zero-order valence-electron chi connectivity index (χ0n) is 11.9. The maximum atomic E-state index is 12.8. The number of nitrogen functional groups attached to an aromatic ring is 1. The SMILES string of the molecule is CC1(CNC(=O)c2cccc(C(F)(F)F)c2N)CCCC1. The summed E-state index contributed by atoms with van der Waals surface area (Å²) < 4.78 is 38.3. The van der Waals surface area contributed by atoms with Crippen molar-refractivity contribution in [1.82, 2.24) is 5.32 Å². The Morgan fingerprint density at radius 2 is 1.95 bits per heavy atom. The molecule has 0 aromatic heterocycles. The molecule has 1 aliphatic rings. The lowest BCUT2D eigenvalue weighted by Gasteiger charge is -2.24. The van der Waals surface area contributed by atoms with E-state index in [0.717, 1.165) is 31.7 Å². The van der Waals surface area contributed by atoms with Crippen LogP contribution in [0.4, 0.5) is 18.9 Å². The highest BCUT2D eigenvalue weighted by Gasteiger charge is 2.35. The number of alkyl halides is 3. The van der Waals surface area contributed by atoms with E-state index >= 15 is 0 Å². The average Bonchev–Trinajstić information content (AvgIpc) is 2.82. The van der Waals surface area contributed by atoms with Gasteiger partial charge in [-0.05, 0) is 30.4 Å². The first-order valence-corrected chi connectivity index (χ1v) is 6.97. The number of hydrogen-bond donors (Lipinski definition) is 2. The third-order valence-corrected chi connectivity index (χ3v) is 4.14. The predicted molar refractivity (Wildman–Crippen MR) is 74.8 cm³/mol. The Kier molecular flexibility index (Phi) is 4.16. The summed E-state index contributed by atoms with van der Waals surface area (Å²) in [5, 5.41) is 2.71. The van der Waals surface area contributed by atoms with E-state index < -0.39 is 23.3 Å². The van der Waals surface area contributed by atoms with Gasteiger partial charge in [0.15, 0.2) is 0 Å². The van der Waals surface area contributed by atoms with Gasteiger partial charge in [-0.3, -0.25) is 4.79 Å². The lowest BCUT2D eigenvalue weighted by atomic mass is 9.89. The third kappa shape index (κ3) is 3.49. The fourth-order valence-electron chi connectivity index (χ4n) is 2.80. The molecule has 1 amide bonds. The highest BCUT2D eigenvalue weighted by Crippen LogP contribution is 2.37. The average molecular weight is 300 g/mol. The maximum absolute atomic E-state index is 12.8. The van der Waals surface area contributed by atoms with Crippen LogP contribution in [-0.4, -0.2) is 12.5 Å². The van der Waals surface area contributed by atoms with Gasteiger partial charge in [-0.1, -0.05) is 25.8 Å². The number of nitrogens with one attached hydrogen (secondary N) is 1. The normalized spacial score (nSPS) is 17.7. The van der Waals surface area contributed by atoms with Crippen molar-refractivity contribution in [3.63, 3.8) is 0 Å². The first-order chi connectivity index (χ1) is 9.73. The Morgan fingerprint density at radius 3 is 2.52 bits per heavy atom. The van der Waals surface area contributed by atoms with Crippen LogP contribution in [0.1, 0.15) is 48.5 Å². The van der Waals surface area contributed by atoms with Crippen molar-refractivity contribution in [2.24, 2.45) is 5.41 Å². The van der Waals surface area contributed by atoms with Gasteiger partial charge >= 0.3 is 6.18 Å². The Balaban J connectivity index is 2.13. The summed E-state index contributed by atoms with van der Waals surface area (Å²) in [6.45, 7) is 2.54. The molecule has 0 atom stereocenters. The molecule has 1 fully saturated rings. The molecular weight excluding hydrogens is 281 g/mol. The number of rotatable bonds is 3. The second-order valence-corrected chi connectivity index (χ2v) is 5.97. The summed E-state index contributed by atoms with van der Waals surface area (Å²) in [5.74, 6) is -0.549. The van der Waals surface area contributed by atoms with E-state index in [-0.39, 0.29) is 11.0 Å². The highest BCUT2D eigenvalue weighted by molar-refractivity contribution is 5.99. The van der Waals surface area contributed by atoms with Crippen molar-refractivity contribution < 1.29 is 18.0 Å². The maximum Gasteiger partial charge on any atom is 0.418 e. The van der Waals surface area contributed by atoms with Crippen molar-refractivity contribution in [1.29, 1.82) is 0 Å². The molecule has 1 aromatic carbocycles. The van der Waals surface area contributed by atoms with Crippen molar-refractivity contribution in [3.05, 3.63) is 29.3 Å². The summed E-state index contributed by atoms with van der Waals surface area (Å²) in [7, 11) is 0. The number of carbonyl (C=O) groups excluding carboxylic acids is 1. The van der Waals surface area contributed by atoms with Crippen LogP contribution in [0.25, 0.3) is 0 Å².